The minimum Gasteiger partial charge on any atom is -0.457 e. The molecule has 3 aromatic heterocycles. The summed E-state index contributed by atoms with van der Waals surface area (Å²) >= 11 is 1.65. The third-order valence-corrected chi connectivity index (χ3v) is 5.55. The Kier molecular flexibility index (Phi) is 3.77. The first-order valence-corrected chi connectivity index (χ1v) is 9.52. The zero-order valence-corrected chi connectivity index (χ0v) is 15.1. The molecule has 0 aliphatic heterocycles. The molecule has 0 spiro atoms. The number of rotatable bonds is 3. The van der Waals surface area contributed by atoms with Gasteiger partial charge in [0.1, 0.15) is 11.5 Å². The molecule has 0 amide bonds. The molecule has 0 unspecified atom stereocenters. The van der Waals surface area contributed by atoms with Crippen LogP contribution in [0, 0.1) is 0 Å². The topological polar surface area (TPSA) is 30.7 Å². The van der Waals surface area contributed by atoms with Crippen LogP contribution in [0.25, 0.3) is 26.7 Å². The van der Waals surface area contributed by atoms with Crippen LogP contribution in [0.2, 0.25) is 0 Å². The standard InChI is InChI=1S/C23H15NO2S/c25-23-20(10-11-21-22-17(13-15-27-22)12-14-24(21)23)16-6-8-19(9-7-16)26-18-4-2-1-3-5-18/h1-15H. The maximum absolute atomic E-state index is 13.0. The lowest BCUT2D eigenvalue weighted by molar-refractivity contribution is 0.483. The quantitative estimate of drug-likeness (QED) is 0.392. The van der Waals surface area contributed by atoms with Crippen LogP contribution in [0.4, 0.5) is 0 Å². The van der Waals surface area contributed by atoms with E-state index in [-0.39, 0.29) is 5.56 Å². The fourth-order valence-electron chi connectivity index (χ4n) is 3.25. The second-order valence-electron chi connectivity index (χ2n) is 6.27. The van der Waals surface area contributed by atoms with E-state index in [0.29, 0.717) is 5.56 Å². The van der Waals surface area contributed by atoms with Gasteiger partial charge >= 0.3 is 0 Å². The van der Waals surface area contributed by atoms with Crippen LogP contribution in [0.5, 0.6) is 11.5 Å². The van der Waals surface area contributed by atoms with Crippen LogP contribution in [-0.2, 0) is 0 Å². The second kappa shape index (κ2) is 6.41. The second-order valence-corrected chi connectivity index (χ2v) is 7.18. The first-order chi connectivity index (χ1) is 13.3. The zero-order chi connectivity index (χ0) is 18.2. The van der Waals surface area contributed by atoms with Crippen LogP contribution >= 0.6 is 11.3 Å². The van der Waals surface area contributed by atoms with Gasteiger partial charge in [-0.05, 0) is 64.9 Å². The Balaban J connectivity index is 1.54. The summed E-state index contributed by atoms with van der Waals surface area (Å²) in [6.45, 7) is 0. The highest BCUT2D eigenvalue weighted by Crippen LogP contribution is 2.27. The molecular weight excluding hydrogens is 354 g/mol. The Morgan fingerprint density at radius 2 is 1.56 bits per heavy atom. The summed E-state index contributed by atoms with van der Waals surface area (Å²) < 4.78 is 8.68. The summed E-state index contributed by atoms with van der Waals surface area (Å²) in [5, 5.41) is 3.21. The number of hydrogen-bond donors (Lipinski definition) is 0. The molecule has 0 bridgehead atoms. The normalized spacial score (nSPS) is 11.1. The van der Waals surface area contributed by atoms with Gasteiger partial charge in [0.15, 0.2) is 0 Å². The van der Waals surface area contributed by atoms with E-state index >= 15 is 0 Å². The van der Waals surface area contributed by atoms with E-state index in [2.05, 4.69) is 11.4 Å². The van der Waals surface area contributed by atoms with Gasteiger partial charge in [-0.3, -0.25) is 9.20 Å². The lowest BCUT2D eigenvalue weighted by atomic mass is 10.1. The van der Waals surface area contributed by atoms with Crippen LogP contribution in [0.1, 0.15) is 0 Å². The SMILES string of the molecule is O=c1c(-c2ccc(Oc3ccccc3)cc2)ccc2c3sccc3ccn12. The van der Waals surface area contributed by atoms with E-state index in [1.165, 1.54) is 0 Å². The molecule has 0 aliphatic rings. The molecule has 0 fully saturated rings. The number of benzene rings is 2. The van der Waals surface area contributed by atoms with Gasteiger partial charge in [0.25, 0.3) is 5.56 Å². The van der Waals surface area contributed by atoms with Crippen molar-refractivity contribution in [2.24, 2.45) is 0 Å². The van der Waals surface area contributed by atoms with Gasteiger partial charge in [0.05, 0.1) is 10.2 Å². The average Bonchev–Trinajstić information content (AvgIpc) is 3.19. The van der Waals surface area contributed by atoms with Gasteiger partial charge in [0, 0.05) is 11.8 Å². The minimum absolute atomic E-state index is 0.0143. The number of fused-ring (bicyclic) bond motifs is 3. The summed E-state index contributed by atoms with van der Waals surface area (Å²) in [5.74, 6) is 1.53. The molecule has 5 aromatic rings. The smallest absolute Gasteiger partial charge is 0.262 e. The lowest BCUT2D eigenvalue weighted by Gasteiger charge is -2.08. The number of aromatic nitrogens is 1. The van der Waals surface area contributed by atoms with Crippen LogP contribution in [-0.4, -0.2) is 4.40 Å². The monoisotopic (exact) mass is 369 g/mol. The Morgan fingerprint density at radius 3 is 2.37 bits per heavy atom. The third-order valence-electron chi connectivity index (χ3n) is 4.59. The molecule has 3 nitrogen and oxygen atoms in total. The highest BCUT2D eigenvalue weighted by atomic mass is 32.1. The van der Waals surface area contributed by atoms with E-state index in [1.54, 1.807) is 15.7 Å². The Bertz CT molecular complexity index is 1300. The van der Waals surface area contributed by atoms with Gasteiger partial charge in [-0.15, -0.1) is 11.3 Å². The first kappa shape index (κ1) is 15.9. The minimum atomic E-state index is -0.0143. The van der Waals surface area contributed by atoms with E-state index in [9.17, 15) is 4.79 Å². The van der Waals surface area contributed by atoms with Crippen molar-refractivity contribution < 1.29 is 4.74 Å². The Hall–Kier alpha value is -3.37. The number of pyridine rings is 2. The van der Waals surface area contributed by atoms with Crippen molar-refractivity contribution >= 4 is 26.9 Å². The summed E-state index contributed by atoms with van der Waals surface area (Å²) in [7, 11) is 0. The largest absolute Gasteiger partial charge is 0.457 e. The highest BCUT2D eigenvalue weighted by Gasteiger charge is 2.09. The molecule has 2 aromatic carbocycles. The van der Waals surface area contributed by atoms with E-state index in [0.717, 1.165) is 32.7 Å². The van der Waals surface area contributed by atoms with E-state index < -0.39 is 0 Å². The van der Waals surface area contributed by atoms with Gasteiger partial charge < -0.3 is 4.74 Å². The van der Waals surface area contributed by atoms with Gasteiger partial charge in [-0.25, -0.2) is 0 Å². The molecule has 0 radical (unpaired) electrons. The number of para-hydroxylation sites is 1. The average molecular weight is 369 g/mol. The highest BCUT2D eigenvalue weighted by molar-refractivity contribution is 7.18. The summed E-state index contributed by atoms with van der Waals surface area (Å²) in [4.78, 5) is 13.0. The maximum atomic E-state index is 13.0. The molecule has 3 heterocycles. The fourth-order valence-corrected chi connectivity index (χ4v) is 4.16. The van der Waals surface area contributed by atoms with E-state index in [1.807, 2.05) is 79.0 Å². The molecule has 5 rings (SSSR count). The number of hydrogen-bond acceptors (Lipinski definition) is 3. The fraction of sp³-hybridized carbons (Fsp3) is 0. The van der Waals surface area contributed by atoms with Crippen molar-refractivity contribution in [3.05, 3.63) is 101 Å². The van der Waals surface area contributed by atoms with Gasteiger partial charge in [0.2, 0.25) is 0 Å². The third kappa shape index (κ3) is 2.80. The lowest BCUT2D eigenvalue weighted by Crippen LogP contribution is -2.15. The van der Waals surface area contributed by atoms with Crippen molar-refractivity contribution in [1.29, 1.82) is 0 Å². The predicted octanol–water partition coefficient (Wildman–Crippen LogP) is 5.97. The number of thiophene rings is 1. The summed E-state index contributed by atoms with van der Waals surface area (Å²) in [5.41, 5.74) is 2.48. The molecule has 0 aliphatic carbocycles. The number of ether oxygens (including phenoxy) is 1. The summed E-state index contributed by atoms with van der Waals surface area (Å²) in [6.07, 6.45) is 1.85. The Labute approximate surface area is 159 Å². The molecule has 130 valence electrons. The molecule has 0 saturated carbocycles. The van der Waals surface area contributed by atoms with Crippen molar-refractivity contribution in [2.75, 3.05) is 0 Å². The molecule has 0 atom stereocenters. The summed E-state index contributed by atoms with van der Waals surface area (Å²) in [6, 6.07) is 25.2. The maximum Gasteiger partial charge on any atom is 0.262 e. The van der Waals surface area contributed by atoms with Crippen LogP contribution in [0.15, 0.2) is 95.2 Å². The van der Waals surface area contributed by atoms with Crippen molar-refractivity contribution in [2.45, 2.75) is 0 Å². The van der Waals surface area contributed by atoms with Gasteiger partial charge in [-0.1, -0.05) is 30.3 Å². The zero-order valence-electron chi connectivity index (χ0n) is 14.3. The van der Waals surface area contributed by atoms with Crippen LogP contribution < -0.4 is 10.3 Å². The van der Waals surface area contributed by atoms with Crippen LogP contribution in [0.3, 0.4) is 0 Å². The Morgan fingerprint density at radius 1 is 0.778 bits per heavy atom. The number of nitrogens with zero attached hydrogens (tertiary/aromatic N) is 1. The van der Waals surface area contributed by atoms with Gasteiger partial charge in [-0.2, -0.15) is 0 Å². The molecule has 0 N–H and O–H groups in total. The molecule has 27 heavy (non-hydrogen) atoms. The van der Waals surface area contributed by atoms with E-state index in [4.69, 9.17) is 4.74 Å². The van der Waals surface area contributed by atoms with Crippen molar-refractivity contribution in [1.82, 2.24) is 4.40 Å². The molecule has 4 heteroatoms. The van der Waals surface area contributed by atoms with Crippen molar-refractivity contribution in [3.8, 4) is 22.6 Å². The molecule has 0 saturated heterocycles. The first-order valence-electron chi connectivity index (χ1n) is 8.64. The van der Waals surface area contributed by atoms with Crippen molar-refractivity contribution in [3.63, 3.8) is 0 Å². The molecular formula is C23H15NO2S. The predicted molar refractivity (Wildman–Crippen MR) is 111 cm³/mol.